The fourth-order valence-electron chi connectivity index (χ4n) is 3.26. The number of hydrogen-bond acceptors (Lipinski definition) is 3. The van der Waals surface area contributed by atoms with Crippen LogP contribution in [0, 0.1) is 0 Å². The second-order valence-electron chi connectivity index (χ2n) is 6.30. The first kappa shape index (κ1) is 15.3. The number of benzene rings is 1. The SMILES string of the molecule is COc1ccc(C(C)CN(C)CC2(O)CCCC2)cc1. The third-order valence-corrected chi connectivity index (χ3v) is 4.37. The number of nitrogens with zero attached hydrogens (tertiary/aromatic N) is 1. The molecule has 1 aliphatic rings. The summed E-state index contributed by atoms with van der Waals surface area (Å²) >= 11 is 0. The lowest BCUT2D eigenvalue weighted by atomic mass is 9.98. The van der Waals surface area contributed by atoms with Crippen molar-refractivity contribution < 1.29 is 9.84 Å². The van der Waals surface area contributed by atoms with Crippen LogP contribution in [0.4, 0.5) is 0 Å². The summed E-state index contributed by atoms with van der Waals surface area (Å²) in [6, 6.07) is 8.27. The number of aliphatic hydroxyl groups is 1. The van der Waals surface area contributed by atoms with Crippen molar-refractivity contribution in [2.45, 2.75) is 44.1 Å². The van der Waals surface area contributed by atoms with Crippen molar-refractivity contribution in [1.29, 1.82) is 0 Å². The molecule has 1 saturated carbocycles. The van der Waals surface area contributed by atoms with Crippen LogP contribution in [0.25, 0.3) is 0 Å². The van der Waals surface area contributed by atoms with E-state index in [0.29, 0.717) is 5.92 Å². The van der Waals surface area contributed by atoms with Crippen LogP contribution in [-0.2, 0) is 0 Å². The molecule has 1 unspecified atom stereocenters. The van der Waals surface area contributed by atoms with Gasteiger partial charge in [0.15, 0.2) is 0 Å². The third kappa shape index (κ3) is 3.97. The molecule has 0 radical (unpaired) electrons. The number of likely N-dealkylation sites (N-methyl/N-ethyl adjacent to an activating group) is 1. The normalized spacial score (nSPS) is 19.2. The highest BCUT2D eigenvalue weighted by atomic mass is 16.5. The fraction of sp³-hybridized carbons (Fsp3) is 0.647. The summed E-state index contributed by atoms with van der Waals surface area (Å²) in [6.07, 6.45) is 4.24. The summed E-state index contributed by atoms with van der Waals surface area (Å²) in [5, 5.41) is 10.5. The first-order chi connectivity index (χ1) is 9.52. The number of ether oxygens (including phenoxy) is 1. The smallest absolute Gasteiger partial charge is 0.118 e. The molecule has 0 aromatic heterocycles. The quantitative estimate of drug-likeness (QED) is 0.867. The van der Waals surface area contributed by atoms with Crippen molar-refractivity contribution in [3.05, 3.63) is 29.8 Å². The molecule has 0 bridgehead atoms. The molecule has 1 atom stereocenters. The highest BCUT2D eigenvalue weighted by Crippen LogP contribution is 2.30. The van der Waals surface area contributed by atoms with E-state index >= 15 is 0 Å². The van der Waals surface area contributed by atoms with Gasteiger partial charge in [-0.05, 0) is 43.5 Å². The average Bonchev–Trinajstić information content (AvgIpc) is 2.84. The number of methoxy groups -OCH3 is 1. The van der Waals surface area contributed by atoms with Gasteiger partial charge < -0.3 is 14.7 Å². The summed E-state index contributed by atoms with van der Waals surface area (Å²) in [7, 11) is 3.80. The van der Waals surface area contributed by atoms with Crippen molar-refractivity contribution in [3.8, 4) is 5.75 Å². The molecule has 0 saturated heterocycles. The van der Waals surface area contributed by atoms with Gasteiger partial charge in [0.25, 0.3) is 0 Å². The van der Waals surface area contributed by atoms with Gasteiger partial charge in [-0.3, -0.25) is 0 Å². The van der Waals surface area contributed by atoms with Crippen molar-refractivity contribution in [2.75, 3.05) is 27.2 Å². The lowest BCUT2D eigenvalue weighted by molar-refractivity contribution is 0.0154. The van der Waals surface area contributed by atoms with E-state index in [1.807, 2.05) is 12.1 Å². The largest absolute Gasteiger partial charge is 0.497 e. The van der Waals surface area contributed by atoms with E-state index in [2.05, 4.69) is 31.0 Å². The average molecular weight is 277 g/mol. The Morgan fingerprint density at radius 2 is 1.85 bits per heavy atom. The van der Waals surface area contributed by atoms with Crippen molar-refractivity contribution in [3.63, 3.8) is 0 Å². The van der Waals surface area contributed by atoms with Crippen molar-refractivity contribution >= 4 is 0 Å². The summed E-state index contributed by atoms with van der Waals surface area (Å²) in [4.78, 5) is 2.26. The van der Waals surface area contributed by atoms with Crippen LogP contribution in [-0.4, -0.2) is 42.9 Å². The minimum Gasteiger partial charge on any atom is -0.497 e. The summed E-state index contributed by atoms with van der Waals surface area (Å²) < 4.78 is 5.19. The molecule has 112 valence electrons. The molecule has 1 fully saturated rings. The zero-order valence-electron chi connectivity index (χ0n) is 12.9. The Balaban J connectivity index is 1.87. The maximum Gasteiger partial charge on any atom is 0.118 e. The molecule has 3 heteroatoms. The van der Waals surface area contributed by atoms with Gasteiger partial charge in [-0.15, -0.1) is 0 Å². The molecule has 0 amide bonds. The van der Waals surface area contributed by atoms with Gasteiger partial charge >= 0.3 is 0 Å². The first-order valence-corrected chi connectivity index (χ1v) is 7.57. The minimum atomic E-state index is -0.450. The number of rotatable bonds is 6. The topological polar surface area (TPSA) is 32.7 Å². The molecular weight excluding hydrogens is 250 g/mol. The highest BCUT2D eigenvalue weighted by molar-refractivity contribution is 5.29. The molecular formula is C17H27NO2. The van der Waals surface area contributed by atoms with Crippen LogP contribution in [0.3, 0.4) is 0 Å². The molecule has 2 rings (SSSR count). The minimum absolute atomic E-state index is 0.450. The van der Waals surface area contributed by atoms with Crippen LogP contribution in [0.1, 0.15) is 44.1 Å². The fourth-order valence-corrected chi connectivity index (χ4v) is 3.26. The van der Waals surface area contributed by atoms with Gasteiger partial charge in [0.1, 0.15) is 5.75 Å². The van der Waals surface area contributed by atoms with E-state index in [9.17, 15) is 5.11 Å². The lowest BCUT2D eigenvalue weighted by Crippen LogP contribution is -2.40. The zero-order chi connectivity index (χ0) is 14.6. The van der Waals surface area contributed by atoms with Crippen LogP contribution in [0.5, 0.6) is 5.75 Å². The van der Waals surface area contributed by atoms with Gasteiger partial charge in [0.05, 0.1) is 12.7 Å². The van der Waals surface area contributed by atoms with E-state index in [1.54, 1.807) is 7.11 Å². The second-order valence-corrected chi connectivity index (χ2v) is 6.30. The van der Waals surface area contributed by atoms with E-state index in [1.165, 1.54) is 18.4 Å². The van der Waals surface area contributed by atoms with E-state index in [0.717, 1.165) is 31.7 Å². The Hall–Kier alpha value is -1.06. The standard InChI is InChI=1S/C17H27NO2/c1-14(15-6-8-16(20-3)9-7-15)12-18(2)13-17(19)10-4-5-11-17/h6-9,14,19H,4-5,10-13H2,1-3H3. The van der Waals surface area contributed by atoms with Crippen LogP contribution < -0.4 is 4.74 Å². The van der Waals surface area contributed by atoms with Gasteiger partial charge in [-0.1, -0.05) is 31.9 Å². The maximum atomic E-state index is 10.5. The molecule has 1 aromatic carbocycles. The monoisotopic (exact) mass is 277 g/mol. The molecule has 1 aliphatic carbocycles. The van der Waals surface area contributed by atoms with E-state index < -0.39 is 5.60 Å². The lowest BCUT2D eigenvalue weighted by Gasteiger charge is -2.30. The highest BCUT2D eigenvalue weighted by Gasteiger charge is 2.32. The van der Waals surface area contributed by atoms with Gasteiger partial charge in [-0.2, -0.15) is 0 Å². The molecule has 0 aliphatic heterocycles. The van der Waals surface area contributed by atoms with Crippen LogP contribution >= 0.6 is 0 Å². The predicted octanol–water partition coefficient (Wildman–Crippen LogP) is 3.04. The maximum absolute atomic E-state index is 10.5. The molecule has 0 spiro atoms. The van der Waals surface area contributed by atoms with Gasteiger partial charge in [0.2, 0.25) is 0 Å². The van der Waals surface area contributed by atoms with Gasteiger partial charge in [0, 0.05) is 13.1 Å². The Morgan fingerprint density at radius 3 is 2.40 bits per heavy atom. The predicted molar refractivity (Wildman–Crippen MR) is 82.3 cm³/mol. The molecule has 1 aromatic rings. The Morgan fingerprint density at radius 1 is 1.25 bits per heavy atom. The van der Waals surface area contributed by atoms with Gasteiger partial charge in [-0.25, -0.2) is 0 Å². The molecule has 0 heterocycles. The van der Waals surface area contributed by atoms with E-state index in [4.69, 9.17) is 4.74 Å². The number of hydrogen-bond donors (Lipinski definition) is 1. The van der Waals surface area contributed by atoms with Crippen molar-refractivity contribution in [1.82, 2.24) is 4.90 Å². The Kier molecular flexibility index (Phi) is 5.06. The Bertz CT molecular complexity index is 410. The second kappa shape index (κ2) is 6.59. The zero-order valence-corrected chi connectivity index (χ0v) is 12.9. The summed E-state index contributed by atoms with van der Waals surface area (Å²) in [6.45, 7) is 3.99. The summed E-state index contributed by atoms with van der Waals surface area (Å²) in [5.74, 6) is 1.35. The van der Waals surface area contributed by atoms with Crippen LogP contribution in [0.2, 0.25) is 0 Å². The van der Waals surface area contributed by atoms with Crippen molar-refractivity contribution in [2.24, 2.45) is 0 Å². The first-order valence-electron chi connectivity index (χ1n) is 7.57. The third-order valence-electron chi connectivity index (χ3n) is 4.37. The molecule has 20 heavy (non-hydrogen) atoms. The molecule has 3 nitrogen and oxygen atoms in total. The summed E-state index contributed by atoms with van der Waals surface area (Å²) in [5.41, 5.74) is 0.866. The Labute approximate surface area is 122 Å². The van der Waals surface area contributed by atoms with E-state index in [-0.39, 0.29) is 0 Å². The van der Waals surface area contributed by atoms with Crippen LogP contribution in [0.15, 0.2) is 24.3 Å². The molecule has 1 N–H and O–H groups in total.